The third kappa shape index (κ3) is 5.02. The molecule has 7 heteroatoms. The molecule has 0 spiro atoms. The number of methoxy groups -OCH3 is 1. The molecule has 0 aliphatic carbocycles. The molecule has 1 aromatic rings. The molecule has 0 saturated carbocycles. The minimum Gasteiger partial charge on any atom is -0.468 e. The highest BCUT2D eigenvalue weighted by Crippen LogP contribution is 2.40. The number of hydrogen-bond acceptors (Lipinski definition) is 7. The molecular weight excluding hydrogens is 420 g/mol. The van der Waals surface area contributed by atoms with Gasteiger partial charge in [-0.1, -0.05) is 37.3 Å². The van der Waals surface area contributed by atoms with Gasteiger partial charge in [0, 0.05) is 29.0 Å². The highest BCUT2D eigenvalue weighted by atomic mass is 16.6. The molecule has 3 atom stereocenters. The van der Waals surface area contributed by atoms with Crippen molar-refractivity contribution in [1.82, 2.24) is 0 Å². The number of nitrogens with zero attached hydrogens (tertiary/aromatic N) is 2. The molecule has 3 rings (SSSR count). The molecule has 0 bridgehead atoms. The van der Waals surface area contributed by atoms with Gasteiger partial charge in [-0.25, -0.2) is 0 Å². The molecular formula is C26H30N2O5. The first kappa shape index (κ1) is 24.3. The van der Waals surface area contributed by atoms with E-state index in [0.717, 1.165) is 5.56 Å². The lowest BCUT2D eigenvalue weighted by molar-refractivity contribution is -0.156. The second-order valence-corrected chi connectivity index (χ2v) is 9.32. The SMILES string of the molecule is COC(=O)C1C(C)=NC(c2ccccc2)=C(C(=O)C2(CC(=O)OC(C)(C)C)C=CC=N2)C1C. The Kier molecular flexibility index (Phi) is 6.81. The van der Waals surface area contributed by atoms with E-state index < -0.39 is 34.9 Å². The first-order valence-electron chi connectivity index (χ1n) is 10.9. The van der Waals surface area contributed by atoms with Gasteiger partial charge in [0.15, 0.2) is 11.3 Å². The topological polar surface area (TPSA) is 94.4 Å². The summed E-state index contributed by atoms with van der Waals surface area (Å²) < 4.78 is 10.5. The van der Waals surface area contributed by atoms with Crippen LogP contribution in [-0.2, 0) is 23.9 Å². The third-order valence-corrected chi connectivity index (χ3v) is 5.69. The second kappa shape index (κ2) is 9.25. The smallest absolute Gasteiger partial charge is 0.315 e. The van der Waals surface area contributed by atoms with Crippen molar-refractivity contribution in [2.75, 3.05) is 7.11 Å². The van der Waals surface area contributed by atoms with Crippen molar-refractivity contribution in [1.29, 1.82) is 0 Å². The summed E-state index contributed by atoms with van der Waals surface area (Å²) in [5.41, 5.74) is -0.0190. The third-order valence-electron chi connectivity index (χ3n) is 5.69. The number of aliphatic imine (C=N–C) groups is 2. The first-order valence-corrected chi connectivity index (χ1v) is 10.9. The molecule has 0 amide bonds. The van der Waals surface area contributed by atoms with Gasteiger partial charge in [-0.15, -0.1) is 0 Å². The van der Waals surface area contributed by atoms with Gasteiger partial charge < -0.3 is 9.47 Å². The molecule has 174 valence electrons. The zero-order valence-corrected chi connectivity index (χ0v) is 19.9. The van der Waals surface area contributed by atoms with Crippen molar-refractivity contribution in [3.8, 4) is 0 Å². The van der Waals surface area contributed by atoms with Crippen LogP contribution in [0, 0.1) is 11.8 Å². The van der Waals surface area contributed by atoms with Crippen LogP contribution in [-0.4, -0.2) is 47.9 Å². The summed E-state index contributed by atoms with van der Waals surface area (Å²) in [5, 5.41) is 0. The summed E-state index contributed by atoms with van der Waals surface area (Å²) in [4.78, 5) is 48.5. The lowest BCUT2D eigenvalue weighted by Crippen LogP contribution is -2.44. The molecule has 33 heavy (non-hydrogen) atoms. The lowest BCUT2D eigenvalue weighted by atomic mass is 9.73. The van der Waals surface area contributed by atoms with E-state index in [-0.39, 0.29) is 12.2 Å². The fourth-order valence-electron chi connectivity index (χ4n) is 4.25. The van der Waals surface area contributed by atoms with E-state index in [1.807, 2.05) is 30.3 Å². The molecule has 0 saturated heterocycles. The first-order chi connectivity index (χ1) is 15.5. The number of carbonyl (C=O) groups is 3. The van der Waals surface area contributed by atoms with E-state index in [0.29, 0.717) is 17.0 Å². The van der Waals surface area contributed by atoms with Crippen LogP contribution in [0.3, 0.4) is 0 Å². The molecule has 2 aliphatic heterocycles. The quantitative estimate of drug-likeness (QED) is 0.611. The molecule has 1 aromatic carbocycles. The summed E-state index contributed by atoms with van der Waals surface area (Å²) in [7, 11) is 1.31. The Bertz CT molecular complexity index is 1060. The summed E-state index contributed by atoms with van der Waals surface area (Å²) in [6.45, 7) is 8.87. The number of esters is 2. The van der Waals surface area contributed by atoms with Gasteiger partial charge >= 0.3 is 11.9 Å². The molecule has 7 nitrogen and oxygen atoms in total. The van der Waals surface area contributed by atoms with Crippen LogP contribution in [0.25, 0.3) is 5.70 Å². The van der Waals surface area contributed by atoms with Gasteiger partial charge in [-0.3, -0.25) is 24.4 Å². The molecule has 0 fully saturated rings. The second-order valence-electron chi connectivity index (χ2n) is 9.32. The van der Waals surface area contributed by atoms with Crippen molar-refractivity contribution in [3.63, 3.8) is 0 Å². The Morgan fingerprint density at radius 1 is 1.12 bits per heavy atom. The van der Waals surface area contributed by atoms with E-state index in [9.17, 15) is 14.4 Å². The number of ketones is 1. The number of carbonyl (C=O) groups excluding carboxylic acids is 3. The van der Waals surface area contributed by atoms with Gasteiger partial charge in [0.1, 0.15) is 11.5 Å². The minimum absolute atomic E-state index is 0.250. The zero-order valence-electron chi connectivity index (χ0n) is 19.9. The van der Waals surface area contributed by atoms with Crippen molar-refractivity contribution >= 4 is 35.3 Å². The van der Waals surface area contributed by atoms with Crippen LogP contribution in [0.5, 0.6) is 0 Å². The van der Waals surface area contributed by atoms with Gasteiger partial charge in [0.2, 0.25) is 0 Å². The number of benzene rings is 1. The van der Waals surface area contributed by atoms with Crippen molar-refractivity contribution in [2.45, 2.75) is 52.2 Å². The molecule has 0 aromatic heterocycles. The summed E-state index contributed by atoms with van der Waals surface area (Å²) in [6.07, 6.45) is 4.51. The number of ether oxygens (including phenoxy) is 2. The molecule has 2 heterocycles. The molecule has 3 unspecified atom stereocenters. The predicted octanol–water partition coefficient (Wildman–Crippen LogP) is 3.98. The largest absolute Gasteiger partial charge is 0.468 e. The van der Waals surface area contributed by atoms with E-state index in [1.54, 1.807) is 46.8 Å². The van der Waals surface area contributed by atoms with E-state index in [2.05, 4.69) is 9.98 Å². The maximum absolute atomic E-state index is 14.1. The maximum Gasteiger partial charge on any atom is 0.315 e. The van der Waals surface area contributed by atoms with Crippen LogP contribution in [0.4, 0.5) is 0 Å². The van der Waals surface area contributed by atoms with Crippen molar-refractivity contribution in [3.05, 3.63) is 53.6 Å². The number of allylic oxidation sites excluding steroid dienone is 1. The van der Waals surface area contributed by atoms with Crippen LogP contribution in [0.2, 0.25) is 0 Å². The number of hydrogen-bond donors (Lipinski definition) is 0. The predicted molar refractivity (Wildman–Crippen MR) is 127 cm³/mol. The molecule has 0 radical (unpaired) electrons. The van der Waals surface area contributed by atoms with E-state index in [4.69, 9.17) is 9.47 Å². The Balaban J connectivity index is 2.14. The highest BCUT2D eigenvalue weighted by molar-refractivity contribution is 6.17. The summed E-state index contributed by atoms with van der Waals surface area (Å²) in [6, 6.07) is 9.31. The Hall–Kier alpha value is -3.35. The summed E-state index contributed by atoms with van der Waals surface area (Å²) >= 11 is 0. The van der Waals surface area contributed by atoms with E-state index in [1.165, 1.54) is 13.3 Å². The van der Waals surface area contributed by atoms with Gasteiger partial charge in [-0.05, 0) is 39.8 Å². The average molecular weight is 451 g/mol. The zero-order chi connectivity index (χ0) is 24.4. The Labute approximate surface area is 194 Å². The monoisotopic (exact) mass is 450 g/mol. The fraction of sp³-hybridized carbons (Fsp3) is 0.423. The van der Waals surface area contributed by atoms with Crippen LogP contribution in [0.15, 0.2) is 58.0 Å². The standard InChI is InChI=1S/C26H30N2O5/c1-16-20(24(31)32-6)17(2)28-22(18-11-8-7-9-12-18)21(16)23(30)26(13-10-14-27-26)15-19(29)33-25(3,4)5/h7-14,16,20H,15H2,1-6H3. The van der Waals surface area contributed by atoms with Crippen LogP contribution in [0.1, 0.15) is 46.6 Å². The fourth-order valence-corrected chi connectivity index (χ4v) is 4.25. The summed E-state index contributed by atoms with van der Waals surface area (Å²) in [5.74, 6) is -2.62. The molecule has 2 aliphatic rings. The van der Waals surface area contributed by atoms with Gasteiger partial charge in [0.05, 0.1) is 19.2 Å². The normalized spacial score (nSPS) is 24.5. The number of Topliss-reactive ketones (excluding diaryl/α,β-unsaturated/α-hetero) is 1. The maximum atomic E-state index is 14.1. The van der Waals surface area contributed by atoms with Gasteiger partial charge in [0.25, 0.3) is 0 Å². The van der Waals surface area contributed by atoms with Gasteiger partial charge in [-0.2, -0.15) is 0 Å². The van der Waals surface area contributed by atoms with Crippen molar-refractivity contribution in [2.24, 2.45) is 21.8 Å². The van der Waals surface area contributed by atoms with Crippen molar-refractivity contribution < 1.29 is 23.9 Å². The molecule has 0 N–H and O–H groups in total. The Morgan fingerprint density at radius 2 is 1.79 bits per heavy atom. The minimum atomic E-state index is -1.45. The van der Waals surface area contributed by atoms with Crippen LogP contribution >= 0.6 is 0 Å². The van der Waals surface area contributed by atoms with E-state index >= 15 is 0 Å². The van der Waals surface area contributed by atoms with Crippen LogP contribution < -0.4 is 0 Å². The Morgan fingerprint density at radius 3 is 2.33 bits per heavy atom. The average Bonchev–Trinajstić information content (AvgIpc) is 3.21. The lowest BCUT2D eigenvalue weighted by Gasteiger charge is -2.33. The number of rotatable bonds is 6. The highest BCUT2D eigenvalue weighted by Gasteiger charge is 2.47.